The normalized spacial score (nSPS) is 40.1. The molecule has 0 aromatic heterocycles. The number of hydrogen-bond acceptors (Lipinski definition) is 3. The molecule has 2 aliphatic rings. The molecule has 2 saturated heterocycles. The quantitative estimate of drug-likeness (QED) is 0.717. The molecule has 5 heteroatoms. The zero-order valence-corrected chi connectivity index (χ0v) is 9.95. The maximum Gasteiger partial charge on any atom is 0.324 e. The van der Waals surface area contributed by atoms with Gasteiger partial charge in [0.05, 0.1) is 17.6 Å². The first kappa shape index (κ1) is 11.4. The van der Waals surface area contributed by atoms with Crippen LogP contribution in [-0.4, -0.2) is 41.6 Å². The minimum absolute atomic E-state index is 0.0126. The number of nitrogens with one attached hydrogen (secondary N) is 1. The summed E-state index contributed by atoms with van der Waals surface area (Å²) in [7, 11) is 0. The van der Waals surface area contributed by atoms with Crippen molar-refractivity contribution in [1.29, 1.82) is 0 Å². The predicted molar refractivity (Wildman–Crippen MR) is 57.8 cm³/mol. The summed E-state index contributed by atoms with van der Waals surface area (Å²) in [5, 5.41) is 2.39. The van der Waals surface area contributed by atoms with E-state index >= 15 is 0 Å². The summed E-state index contributed by atoms with van der Waals surface area (Å²) in [6, 6.07) is -0.289. The number of ether oxygens (including phenoxy) is 1. The molecule has 16 heavy (non-hydrogen) atoms. The number of urea groups is 1. The maximum absolute atomic E-state index is 11.8. The number of nitrogens with zero attached hydrogens (tertiary/aromatic N) is 1. The molecule has 90 valence electrons. The van der Waals surface area contributed by atoms with Crippen molar-refractivity contribution in [2.24, 2.45) is 5.92 Å². The second kappa shape index (κ2) is 3.73. The number of carbonyl (C=O) groups excluding carboxylic acids is 2. The maximum atomic E-state index is 11.8. The van der Waals surface area contributed by atoms with Crippen LogP contribution in [0.15, 0.2) is 0 Å². The minimum Gasteiger partial charge on any atom is -0.376 e. The fraction of sp³-hybridized carbons (Fsp3) is 0.818. The van der Waals surface area contributed by atoms with E-state index < -0.39 is 0 Å². The van der Waals surface area contributed by atoms with Crippen LogP contribution in [0.1, 0.15) is 27.2 Å². The van der Waals surface area contributed by atoms with Gasteiger partial charge < -0.3 is 9.64 Å². The van der Waals surface area contributed by atoms with Gasteiger partial charge in [0.2, 0.25) is 5.91 Å². The van der Waals surface area contributed by atoms with E-state index in [0.717, 1.165) is 6.42 Å². The van der Waals surface area contributed by atoms with Crippen LogP contribution in [-0.2, 0) is 9.53 Å². The van der Waals surface area contributed by atoms with Gasteiger partial charge in [-0.05, 0) is 20.3 Å². The van der Waals surface area contributed by atoms with Gasteiger partial charge in [0.25, 0.3) is 0 Å². The highest BCUT2D eigenvalue weighted by Crippen LogP contribution is 2.33. The third-order valence-electron chi connectivity index (χ3n) is 3.85. The molecular weight excluding hydrogens is 208 g/mol. The highest BCUT2D eigenvalue weighted by molar-refractivity contribution is 5.98. The Kier molecular flexibility index (Phi) is 2.66. The van der Waals surface area contributed by atoms with E-state index in [1.165, 1.54) is 0 Å². The average Bonchev–Trinajstić information content (AvgIpc) is 2.54. The van der Waals surface area contributed by atoms with Crippen LogP contribution >= 0.6 is 0 Å². The molecule has 1 N–H and O–H groups in total. The molecule has 0 radical (unpaired) electrons. The standard InChI is InChI=1S/C11H18N2O3/c1-7-6-13(10(15)12-9(7)14)11(3)4-5-16-8(11)2/h7-8H,4-6H2,1-3H3,(H,12,14,15). The van der Waals surface area contributed by atoms with Gasteiger partial charge in [-0.25, -0.2) is 4.79 Å². The van der Waals surface area contributed by atoms with Crippen LogP contribution in [0.3, 0.4) is 0 Å². The smallest absolute Gasteiger partial charge is 0.324 e. The van der Waals surface area contributed by atoms with Crippen molar-refractivity contribution in [2.75, 3.05) is 13.2 Å². The number of amides is 3. The molecule has 0 bridgehead atoms. The molecule has 2 aliphatic heterocycles. The van der Waals surface area contributed by atoms with Crippen molar-refractivity contribution in [3.05, 3.63) is 0 Å². The van der Waals surface area contributed by atoms with Crippen molar-refractivity contribution < 1.29 is 14.3 Å². The van der Waals surface area contributed by atoms with Crippen LogP contribution in [0.2, 0.25) is 0 Å². The molecule has 0 aromatic carbocycles. The Morgan fingerprint density at radius 1 is 1.44 bits per heavy atom. The summed E-state index contributed by atoms with van der Waals surface area (Å²) in [6.45, 7) is 6.98. The van der Waals surface area contributed by atoms with Gasteiger partial charge in [0.1, 0.15) is 0 Å². The molecule has 0 saturated carbocycles. The molecule has 0 aliphatic carbocycles. The van der Waals surface area contributed by atoms with Crippen LogP contribution in [0, 0.1) is 5.92 Å². The zero-order chi connectivity index (χ0) is 11.9. The average molecular weight is 226 g/mol. The molecule has 0 spiro atoms. The highest BCUT2D eigenvalue weighted by atomic mass is 16.5. The molecule has 2 rings (SSSR count). The van der Waals surface area contributed by atoms with Gasteiger partial charge in [0.15, 0.2) is 0 Å². The van der Waals surface area contributed by atoms with E-state index in [4.69, 9.17) is 4.74 Å². The van der Waals surface area contributed by atoms with Crippen molar-refractivity contribution in [2.45, 2.75) is 38.8 Å². The van der Waals surface area contributed by atoms with Gasteiger partial charge in [-0.15, -0.1) is 0 Å². The third-order valence-corrected chi connectivity index (χ3v) is 3.85. The lowest BCUT2D eigenvalue weighted by atomic mass is 9.90. The third kappa shape index (κ3) is 1.59. The number of carbonyl (C=O) groups is 2. The fourth-order valence-corrected chi connectivity index (χ4v) is 2.36. The Balaban J connectivity index is 2.20. The van der Waals surface area contributed by atoms with Gasteiger partial charge in [-0.2, -0.15) is 0 Å². The SMILES string of the molecule is CC1CN(C2(C)CCOC2C)C(=O)NC1=O. The fourth-order valence-electron chi connectivity index (χ4n) is 2.36. The summed E-state index contributed by atoms with van der Waals surface area (Å²) in [4.78, 5) is 24.9. The van der Waals surface area contributed by atoms with E-state index in [-0.39, 0.29) is 29.5 Å². The largest absolute Gasteiger partial charge is 0.376 e. The lowest BCUT2D eigenvalue weighted by Gasteiger charge is -2.43. The first-order chi connectivity index (χ1) is 7.45. The molecule has 5 nitrogen and oxygen atoms in total. The second-order valence-electron chi connectivity index (χ2n) is 4.93. The topological polar surface area (TPSA) is 58.6 Å². The van der Waals surface area contributed by atoms with E-state index in [9.17, 15) is 9.59 Å². The van der Waals surface area contributed by atoms with Gasteiger partial charge >= 0.3 is 6.03 Å². The Hall–Kier alpha value is -1.10. The first-order valence-electron chi connectivity index (χ1n) is 5.69. The highest BCUT2D eigenvalue weighted by Gasteiger charge is 2.47. The van der Waals surface area contributed by atoms with Crippen LogP contribution in [0.5, 0.6) is 0 Å². The predicted octanol–water partition coefficient (Wildman–Crippen LogP) is 0.742. The van der Waals surface area contributed by atoms with E-state index in [0.29, 0.717) is 13.2 Å². The zero-order valence-electron chi connectivity index (χ0n) is 9.95. The Morgan fingerprint density at radius 3 is 2.69 bits per heavy atom. The van der Waals surface area contributed by atoms with Crippen molar-refractivity contribution in [3.8, 4) is 0 Å². The molecule has 3 amide bonds. The lowest BCUT2D eigenvalue weighted by molar-refractivity contribution is -0.126. The molecule has 3 atom stereocenters. The summed E-state index contributed by atoms with van der Waals surface area (Å²) >= 11 is 0. The minimum atomic E-state index is -0.293. The molecule has 2 fully saturated rings. The van der Waals surface area contributed by atoms with Gasteiger partial charge in [0, 0.05) is 13.2 Å². The molecule has 0 aromatic rings. The Labute approximate surface area is 95.1 Å². The van der Waals surface area contributed by atoms with Gasteiger partial charge in [-0.3, -0.25) is 10.1 Å². The second-order valence-corrected chi connectivity index (χ2v) is 4.93. The summed E-state index contributed by atoms with van der Waals surface area (Å²) in [5.41, 5.74) is -0.293. The first-order valence-corrected chi connectivity index (χ1v) is 5.69. The molecule has 3 unspecified atom stereocenters. The summed E-state index contributed by atoms with van der Waals surface area (Å²) in [6.07, 6.45) is 0.835. The van der Waals surface area contributed by atoms with Crippen molar-refractivity contribution in [3.63, 3.8) is 0 Å². The van der Waals surface area contributed by atoms with Crippen LogP contribution in [0.25, 0.3) is 0 Å². The monoisotopic (exact) mass is 226 g/mol. The van der Waals surface area contributed by atoms with Crippen LogP contribution in [0.4, 0.5) is 4.79 Å². The summed E-state index contributed by atoms with van der Waals surface area (Å²) in [5.74, 6) is -0.334. The lowest BCUT2D eigenvalue weighted by Crippen LogP contribution is -2.63. The Bertz CT molecular complexity index is 331. The molecule has 2 heterocycles. The molecular formula is C11H18N2O3. The van der Waals surface area contributed by atoms with Crippen molar-refractivity contribution >= 4 is 11.9 Å². The Morgan fingerprint density at radius 2 is 2.12 bits per heavy atom. The van der Waals surface area contributed by atoms with Crippen LogP contribution < -0.4 is 5.32 Å². The number of imide groups is 1. The number of hydrogen-bond donors (Lipinski definition) is 1. The van der Waals surface area contributed by atoms with E-state index in [2.05, 4.69) is 5.32 Å². The van der Waals surface area contributed by atoms with E-state index in [1.54, 1.807) is 4.90 Å². The van der Waals surface area contributed by atoms with E-state index in [1.807, 2.05) is 20.8 Å². The van der Waals surface area contributed by atoms with Crippen molar-refractivity contribution in [1.82, 2.24) is 10.2 Å². The van der Waals surface area contributed by atoms with Gasteiger partial charge in [-0.1, -0.05) is 6.92 Å². The number of rotatable bonds is 1. The summed E-state index contributed by atoms with van der Waals surface area (Å²) < 4.78 is 5.53.